The predicted molar refractivity (Wildman–Crippen MR) is 80.7 cm³/mol. The van der Waals surface area contributed by atoms with Gasteiger partial charge >= 0.3 is 5.97 Å². The molecule has 20 heavy (non-hydrogen) atoms. The van der Waals surface area contributed by atoms with Gasteiger partial charge in [0.1, 0.15) is 5.54 Å². The van der Waals surface area contributed by atoms with Crippen molar-refractivity contribution in [2.45, 2.75) is 78.0 Å². The molecule has 118 valence electrons. The Hall–Kier alpha value is -0.610. The molecule has 0 saturated heterocycles. The summed E-state index contributed by atoms with van der Waals surface area (Å²) in [5.74, 6) is 0.481. The molecule has 1 rings (SSSR count). The smallest absolute Gasteiger partial charge is 0.326 e. The summed E-state index contributed by atoms with van der Waals surface area (Å²) in [4.78, 5) is 12.2. The maximum absolute atomic E-state index is 12.2. The van der Waals surface area contributed by atoms with Crippen LogP contribution >= 0.6 is 0 Å². The third-order valence-corrected chi connectivity index (χ3v) is 3.62. The fourth-order valence-corrected chi connectivity index (χ4v) is 2.31. The van der Waals surface area contributed by atoms with E-state index in [2.05, 4.69) is 19.2 Å². The molecule has 4 nitrogen and oxygen atoms in total. The summed E-state index contributed by atoms with van der Waals surface area (Å²) in [5, 5.41) is 3.43. The van der Waals surface area contributed by atoms with Crippen molar-refractivity contribution in [3.8, 4) is 0 Å². The van der Waals surface area contributed by atoms with Crippen molar-refractivity contribution in [2.75, 3.05) is 13.2 Å². The molecule has 4 heteroatoms. The number of nitrogens with one attached hydrogen (secondary N) is 1. The van der Waals surface area contributed by atoms with Gasteiger partial charge in [0.05, 0.1) is 12.7 Å². The Kier molecular flexibility index (Phi) is 6.96. The summed E-state index contributed by atoms with van der Waals surface area (Å²) in [6.45, 7) is 11.4. The molecule has 0 aromatic heterocycles. The van der Waals surface area contributed by atoms with E-state index in [9.17, 15) is 4.79 Å². The number of ether oxygens (including phenoxy) is 2. The van der Waals surface area contributed by atoms with Gasteiger partial charge in [0, 0.05) is 19.1 Å². The van der Waals surface area contributed by atoms with Crippen LogP contribution in [-0.4, -0.2) is 36.9 Å². The van der Waals surface area contributed by atoms with Crippen molar-refractivity contribution in [1.29, 1.82) is 0 Å². The van der Waals surface area contributed by atoms with Crippen molar-refractivity contribution < 1.29 is 14.3 Å². The van der Waals surface area contributed by atoms with Crippen LogP contribution in [0.1, 0.15) is 60.3 Å². The predicted octanol–water partition coefficient (Wildman–Crippen LogP) is 2.90. The van der Waals surface area contributed by atoms with Crippen molar-refractivity contribution >= 4 is 5.97 Å². The first-order valence-electron chi connectivity index (χ1n) is 7.94. The van der Waals surface area contributed by atoms with Crippen LogP contribution in [-0.2, 0) is 14.3 Å². The van der Waals surface area contributed by atoms with Gasteiger partial charge < -0.3 is 9.47 Å². The van der Waals surface area contributed by atoms with Crippen LogP contribution in [0, 0.1) is 5.92 Å². The van der Waals surface area contributed by atoms with Gasteiger partial charge in [0.2, 0.25) is 0 Å². The lowest BCUT2D eigenvalue weighted by molar-refractivity contribution is -0.152. The molecule has 1 aliphatic rings. The van der Waals surface area contributed by atoms with Gasteiger partial charge in [0.25, 0.3) is 0 Å². The number of hydrogen-bond donors (Lipinski definition) is 1. The molecule has 1 saturated carbocycles. The molecule has 0 aromatic rings. The number of esters is 1. The number of carbonyl (C=O) groups is 1. The topological polar surface area (TPSA) is 47.6 Å². The van der Waals surface area contributed by atoms with Crippen molar-refractivity contribution in [3.63, 3.8) is 0 Å². The second-order valence-corrected chi connectivity index (χ2v) is 6.54. The molecule has 0 bridgehead atoms. The lowest BCUT2D eigenvalue weighted by Crippen LogP contribution is -2.53. The molecule has 0 aliphatic heterocycles. The number of carbonyl (C=O) groups excluding carboxylic acids is 1. The zero-order valence-electron chi connectivity index (χ0n) is 13.7. The van der Waals surface area contributed by atoms with Crippen LogP contribution in [0.3, 0.4) is 0 Å². The molecule has 0 amide bonds. The Morgan fingerprint density at radius 1 is 1.35 bits per heavy atom. The lowest BCUT2D eigenvalue weighted by atomic mass is 9.94. The summed E-state index contributed by atoms with van der Waals surface area (Å²) < 4.78 is 11.1. The van der Waals surface area contributed by atoms with Crippen LogP contribution in [0.5, 0.6) is 0 Å². The molecule has 2 atom stereocenters. The third-order valence-electron chi connectivity index (χ3n) is 3.62. The van der Waals surface area contributed by atoms with E-state index in [0.29, 0.717) is 25.0 Å². The Bertz CT molecular complexity index is 302. The minimum absolute atomic E-state index is 0.0504. The lowest BCUT2D eigenvalue weighted by Gasteiger charge is -2.31. The van der Waals surface area contributed by atoms with Gasteiger partial charge in [-0.05, 0) is 46.0 Å². The van der Waals surface area contributed by atoms with E-state index in [1.807, 2.05) is 20.8 Å². The number of hydrogen-bond acceptors (Lipinski definition) is 4. The van der Waals surface area contributed by atoms with Gasteiger partial charge in [-0.2, -0.15) is 0 Å². The molecule has 2 unspecified atom stereocenters. The zero-order valence-corrected chi connectivity index (χ0v) is 13.7. The van der Waals surface area contributed by atoms with Crippen LogP contribution in [0.4, 0.5) is 0 Å². The highest BCUT2D eigenvalue weighted by Gasteiger charge is 2.40. The SMILES string of the molecule is CCOC(=O)C(C)(CC(C)OCCC(C)C)NC1CC1. The molecule has 1 N–H and O–H groups in total. The van der Waals surface area contributed by atoms with Crippen LogP contribution in [0.25, 0.3) is 0 Å². The molecular formula is C16H31NO3. The average Bonchev–Trinajstić information content (AvgIpc) is 3.12. The fourth-order valence-electron chi connectivity index (χ4n) is 2.31. The highest BCUT2D eigenvalue weighted by atomic mass is 16.5. The quantitative estimate of drug-likeness (QED) is 0.627. The Balaban J connectivity index is 2.47. The van der Waals surface area contributed by atoms with Crippen LogP contribution < -0.4 is 5.32 Å². The van der Waals surface area contributed by atoms with Crippen molar-refractivity contribution in [3.05, 3.63) is 0 Å². The molecule has 0 aromatic carbocycles. The molecule has 0 spiro atoms. The molecule has 0 radical (unpaired) electrons. The highest BCUT2D eigenvalue weighted by molar-refractivity contribution is 5.80. The third kappa shape index (κ3) is 6.23. The monoisotopic (exact) mass is 285 g/mol. The minimum Gasteiger partial charge on any atom is -0.465 e. The van der Waals surface area contributed by atoms with Gasteiger partial charge in [-0.25, -0.2) is 0 Å². The van der Waals surface area contributed by atoms with E-state index in [4.69, 9.17) is 9.47 Å². The van der Waals surface area contributed by atoms with Gasteiger partial charge in [0.15, 0.2) is 0 Å². The van der Waals surface area contributed by atoms with Crippen molar-refractivity contribution in [2.24, 2.45) is 5.92 Å². The van der Waals surface area contributed by atoms with Crippen LogP contribution in [0.2, 0.25) is 0 Å². The Morgan fingerprint density at radius 3 is 2.50 bits per heavy atom. The standard InChI is InChI=1S/C16H31NO3/c1-6-19-15(18)16(5,17-14-7-8-14)11-13(4)20-10-9-12(2)3/h12-14,17H,6-11H2,1-5H3. The van der Waals surface area contributed by atoms with E-state index in [1.165, 1.54) is 0 Å². The van der Waals surface area contributed by atoms with E-state index < -0.39 is 5.54 Å². The van der Waals surface area contributed by atoms with E-state index >= 15 is 0 Å². The molecule has 0 heterocycles. The first-order valence-corrected chi connectivity index (χ1v) is 7.94. The van der Waals surface area contributed by atoms with E-state index in [1.54, 1.807) is 0 Å². The normalized spacial score (nSPS) is 19.7. The second kappa shape index (κ2) is 7.99. The number of rotatable bonds is 10. The zero-order chi connectivity index (χ0) is 15.2. The fraction of sp³-hybridized carbons (Fsp3) is 0.938. The largest absolute Gasteiger partial charge is 0.465 e. The molecule has 1 fully saturated rings. The summed E-state index contributed by atoms with van der Waals surface area (Å²) in [5.41, 5.74) is -0.631. The van der Waals surface area contributed by atoms with Crippen molar-refractivity contribution in [1.82, 2.24) is 5.32 Å². The first-order chi connectivity index (χ1) is 9.37. The van der Waals surface area contributed by atoms with E-state index in [-0.39, 0.29) is 12.1 Å². The summed E-state index contributed by atoms with van der Waals surface area (Å²) in [6.07, 6.45) is 4.06. The van der Waals surface area contributed by atoms with E-state index in [0.717, 1.165) is 25.9 Å². The Labute approximate surface area is 123 Å². The molecule has 1 aliphatic carbocycles. The average molecular weight is 285 g/mol. The summed E-state index contributed by atoms with van der Waals surface area (Å²) >= 11 is 0. The van der Waals surface area contributed by atoms with Gasteiger partial charge in [-0.1, -0.05) is 13.8 Å². The highest BCUT2D eigenvalue weighted by Crippen LogP contribution is 2.26. The molecular weight excluding hydrogens is 254 g/mol. The first kappa shape index (κ1) is 17.4. The van der Waals surface area contributed by atoms with Gasteiger partial charge in [-0.15, -0.1) is 0 Å². The minimum atomic E-state index is -0.631. The summed E-state index contributed by atoms with van der Waals surface area (Å²) in [6, 6.07) is 0.465. The van der Waals surface area contributed by atoms with Crippen LogP contribution in [0.15, 0.2) is 0 Å². The second-order valence-electron chi connectivity index (χ2n) is 6.54. The Morgan fingerprint density at radius 2 is 2.00 bits per heavy atom. The summed E-state index contributed by atoms with van der Waals surface area (Å²) in [7, 11) is 0. The van der Waals surface area contributed by atoms with Gasteiger partial charge in [-0.3, -0.25) is 10.1 Å². The maximum Gasteiger partial charge on any atom is 0.326 e. The maximum atomic E-state index is 12.2.